The first kappa shape index (κ1) is 20.7. The van der Waals surface area contributed by atoms with Crippen LogP contribution in [0.15, 0.2) is 34.5 Å². The molecule has 1 saturated heterocycles. The topological polar surface area (TPSA) is 75.7 Å². The van der Waals surface area contributed by atoms with E-state index >= 15 is 0 Å². The van der Waals surface area contributed by atoms with E-state index in [-0.39, 0.29) is 21.7 Å². The minimum Gasteiger partial charge on any atom is -0.379 e. The molecule has 6 nitrogen and oxygen atoms in total. The molecule has 0 unspecified atom stereocenters. The molecule has 1 aliphatic heterocycles. The zero-order chi connectivity index (χ0) is 20.6. The maximum atomic E-state index is 13.4. The minimum atomic E-state index is -3.56. The Hall–Kier alpha value is -1.56. The lowest BCUT2D eigenvalue weighted by Gasteiger charge is -2.25. The highest BCUT2D eigenvalue weighted by atomic mass is 35.5. The predicted octanol–water partition coefficient (Wildman–Crippen LogP) is 3.71. The summed E-state index contributed by atoms with van der Waals surface area (Å²) in [6, 6.07) is 7.41. The van der Waals surface area contributed by atoms with Crippen LogP contribution < -0.4 is 5.32 Å². The normalized spacial score (nSPS) is 15.7. The molecule has 3 heterocycles. The number of carbonyl (C=O) groups excluding carboxylic acids is 1. The standard InChI is InChI=1S/C18H16ClFN2O4S3/c19-16-13-3-1-11(20)9-14(13)28-17(16)18(23)21-10-12-2-4-15(27-12)29(24,25)22-5-7-26-8-6-22/h1-4,9H,5-8,10H2,(H,21,23). The molecule has 1 amide bonds. The lowest BCUT2D eigenvalue weighted by atomic mass is 10.2. The molecule has 1 fully saturated rings. The van der Waals surface area contributed by atoms with Crippen LogP contribution in [0.4, 0.5) is 4.39 Å². The number of sulfonamides is 1. The van der Waals surface area contributed by atoms with Gasteiger partial charge in [0.25, 0.3) is 15.9 Å². The zero-order valence-corrected chi connectivity index (χ0v) is 18.2. The Morgan fingerprint density at radius 2 is 1.97 bits per heavy atom. The minimum absolute atomic E-state index is 0.168. The van der Waals surface area contributed by atoms with Crippen LogP contribution in [0.5, 0.6) is 0 Å². The fourth-order valence-electron chi connectivity index (χ4n) is 2.94. The Morgan fingerprint density at radius 1 is 1.21 bits per heavy atom. The molecule has 0 bridgehead atoms. The molecule has 0 radical (unpaired) electrons. The van der Waals surface area contributed by atoms with E-state index < -0.39 is 15.8 Å². The summed E-state index contributed by atoms with van der Waals surface area (Å²) >= 11 is 8.50. The highest BCUT2D eigenvalue weighted by Gasteiger charge is 2.27. The summed E-state index contributed by atoms with van der Waals surface area (Å²) in [5.41, 5.74) is 0. The first-order valence-electron chi connectivity index (χ1n) is 8.68. The number of halogens is 2. The highest BCUT2D eigenvalue weighted by Crippen LogP contribution is 2.35. The number of rotatable bonds is 5. The van der Waals surface area contributed by atoms with E-state index in [1.807, 2.05) is 0 Å². The van der Waals surface area contributed by atoms with Gasteiger partial charge < -0.3 is 10.1 Å². The predicted molar refractivity (Wildman–Crippen MR) is 112 cm³/mol. The first-order valence-corrected chi connectivity index (χ1v) is 12.1. The lowest BCUT2D eigenvalue weighted by molar-refractivity contribution is 0.0731. The monoisotopic (exact) mass is 474 g/mol. The van der Waals surface area contributed by atoms with Gasteiger partial charge in [0.2, 0.25) is 0 Å². The summed E-state index contributed by atoms with van der Waals surface area (Å²) in [4.78, 5) is 13.5. The Balaban J connectivity index is 1.46. The van der Waals surface area contributed by atoms with Crippen molar-refractivity contribution in [3.05, 3.63) is 50.9 Å². The molecule has 4 rings (SSSR count). The van der Waals surface area contributed by atoms with Crippen LogP contribution in [0.25, 0.3) is 10.1 Å². The Kier molecular flexibility index (Phi) is 5.92. The number of thiophene rings is 2. The molecule has 154 valence electrons. The molecule has 0 spiro atoms. The second-order valence-corrected chi connectivity index (χ2v) is 11.1. The SMILES string of the molecule is O=C(NCc1ccc(S(=O)(=O)N2CCOCC2)s1)c1sc2cc(F)ccc2c1Cl. The maximum Gasteiger partial charge on any atom is 0.263 e. The lowest BCUT2D eigenvalue weighted by Crippen LogP contribution is -2.40. The number of hydrogen-bond donors (Lipinski definition) is 1. The van der Waals surface area contributed by atoms with Crippen molar-refractivity contribution < 1.29 is 22.3 Å². The second kappa shape index (κ2) is 8.29. The van der Waals surface area contributed by atoms with Crippen molar-refractivity contribution in [2.75, 3.05) is 26.3 Å². The summed E-state index contributed by atoms with van der Waals surface area (Å²) in [5, 5.41) is 3.66. The van der Waals surface area contributed by atoms with Gasteiger partial charge >= 0.3 is 0 Å². The Labute approximate surface area is 179 Å². The largest absolute Gasteiger partial charge is 0.379 e. The van der Waals surface area contributed by atoms with Crippen molar-refractivity contribution in [2.24, 2.45) is 0 Å². The van der Waals surface area contributed by atoms with Gasteiger partial charge in [0.15, 0.2) is 0 Å². The van der Waals surface area contributed by atoms with Gasteiger partial charge in [0.05, 0.1) is 24.8 Å². The Bertz CT molecular complexity index is 1170. The summed E-state index contributed by atoms with van der Waals surface area (Å²) < 4.78 is 46.2. The number of hydrogen-bond acceptors (Lipinski definition) is 6. The first-order chi connectivity index (χ1) is 13.9. The number of carbonyl (C=O) groups is 1. The molecule has 0 aliphatic carbocycles. The van der Waals surface area contributed by atoms with E-state index in [1.54, 1.807) is 18.2 Å². The van der Waals surface area contributed by atoms with Crippen molar-refractivity contribution in [1.82, 2.24) is 9.62 Å². The highest BCUT2D eigenvalue weighted by molar-refractivity contribution is 7.91. The molecule has 1 N–H and O–H groups in total. The molecule has 0 atom stereocenters. The van der Waals surface area contributed by atoms with Crippen molar-refractivity contribution in [3.63, 3.8) is 0 Å². The maximum absolute atomic E-state index is 13.4. The van der Waals surface area contributed by atoms with Crippen molar-refractivity contribution in [1.29, 1.82) is 0 Å². The number of nitrogens with one attached hydrogen (secondary N) is 1. The van der Waals surface area contributed by atoms with E-state index in [9.17, 15) is 17.6 Å². The summed E-state index contributed by atoms with van der Waals surface area (Å²) in [6.45, 7) is 1.59. The van der Waals surface area contributed by atoms with E-state index in [2.05, 4.69) is 5.32 Å². The molecule has 2 aromatic heterocycles. The molecule has 1 aliphatic rings. The summed E-state index contributed by atoms with van der Waals surface area (Å²) in [5.74, 6) is -0.780. The smallest absolute Gasteiger partial charge is 0.263 e. The van der Waals surface area contributed by atoms with Crippen LogP contribution in [0.1, 0.15) is 14.5 Å². The third-order valence-electron chi connectivity index (χ3n) is 4.42. The van der Waals surface area contributed by atoms with Crippen LogP contribution in [0.2, 0.25) is 5.02 Å². The van der Waals surface area contributed by atoms with Crippen molar-refractivity contribution in [2.45, 2.75) is 10.8 Å². The Morgan fingerprint density at radius 3 is 2.72 bits per heavy atom. The van der Waals surface area contributed by atoms with Crippen molar-refractivity contribution in [3.8, 4) is 0 Å². The van der Waals surface area contributed by atoms with E-state index in [1.165, 1.54) is 16.4 Å². The fourth-order valence-corrected chi connectivity index (χ4v) is 7.25. The van der Waals surface area contributed by atoms with Crippen LogP contribution in [-0.4, -0.2) is 44.9 Å². The van der Waals surface area contributed by atoms with E-state index in [0.717, 1.165) is 22.7 Å². The van der Waals surface area contributed by atoms with Crippen LogP contribution in [0.3, 0.4) is 0 Å². The second-order valence-electron chi connectivity index (χ2n) is 6.31. The van der Waals surface area contributed by atoms with Gasteiger partial charge in [-0.05, 0) is 30.3 Å². The molecular weight excluding hydrogens is 459 g/mol. The fraction of sp³-hybridized carbons (Fsp3) is 0.278. The summed E-state index contributed by atoms with van der Waals surface area (Å²) in [7, 11) is -3.56. The zero-order valence-electron chi connectivity index (χ0n) is 15.0. The van der Waals surface area contributed by atoms with Gasteiger partial charge in [0, 0.05) is 28.1 Å². The van der Waals surface area contributed by atoms with Crippen LogP contribution in [-0.2, 0) is 21.3 Å². The van der Waals surface area contributed by atoms with Crippen molar-refractivity contribution >= 4 is 60.3 Å². The number of amides is 1. The average Bonchev–Trinajstić information content (AvgIpc) is 3.32. The average molecular weight is 475 g/mol. The van der Waals surface area contributed by atoms with E-state index in [4.69, 9.17) is 16.3 Å². The van der Waals surface area contributed by atoms with E-state index in [0.29, 0.717) is 46.1 Å². The molecule has 0 saturated carbocycles. The molecule has 1 aromatic carbocycles. The van der Waals surface area contributed by atoms with Crippen LogP contribution >= 0.6 is 34.3 Å². The number of benzene rings is 1. The van der Waals surface area contributed by atoms with Gasteiger partial charge in [0.1, 0.15) is 14.9 Å². The molecule has 3 aromatic rings. The number of fused-ring (bicyclic) bond motifs is 1. The van der Waals surface area contributed by atoms with Gasteiger partial charge in [-0.2, -0.15) is 4.31 Å². The van der Waals surface area contributed by atoms with Gasteiger partial charge in [-0.25, -0.2) is 12.8 Å². The quantitative estimate of drug-likeness (QED) is 0.611. The number of ether oxygens (including phenoxy) is 1. The number of morpholine rings is 1. The third kappa shape index (κ3) is 4.18. The molecule has 29 heavy (non-hydrogen) atoms. The third-order valence-corrected chi connectivity index (χ3v) is 9.53. The summed E-state index contributed by atoms with van der Waals surface area (Å²) in [6.07, 6.45) is 0. The van der Waals surface area contributed by atoms with Gasteiger partial charge in [-0.3, -0.25) is 4.79 Å². The molecular formula is C18H16ClFN2O4S3. The number of nitrogens with zero attached hydrogens (tertiary/aromatic N) is 1. The van der Waals surface area contributed by atoms with Gasteiger partial charge in [-0.15, -0.1) is 22.7 Å². The van der Waals surface area contributed by atoms with Crippen LogP contribution in [0, 0.1) is 5.82 Å². The van der Waals surface area contributed by atoms with Gasteiger partial charge in [-0.1, -0.05) is 11.6 Å². The molecule has 11 heteroatoms.